The number of nitrogens with one attached hydrogen (secondary N) is 1. The lowest BCUT2D eigenvalue weighted by Gasteiger charge is -2.08. The standard InChI is InChI=1S/C19H19NO6S/c1-14-11-16(6-8-17(14)23-2)27(21,22)20-9-3-4-10-24-15-5-7-18-19(12-15)26-13-25-18/h5-8,11-12,20H,9-10,13H2,1-2H3. The van der Waals surface area contributed by atoms with E-state index in [1.807, 2.05) is 0 Å². The number of benzene rings is 2. The Morgan fingerprint density at radius 1 is 1.11 bits per heavy atom. The minimum absolute atomic E-state index is 0.0160. The van der Waals surface area contributed by atoms with Crippen LogP contribution in [-0.4, -0.2) is 35.5 Å². The molecule has 0 aromatic heterocycles. The molecule has 0 saturated carbocycles. The predicted octanol–water partition coefficient (Wildman–Crippen LogP) is 2.09. The van der Waals surface area contributed by atoms with E-state index in [9.17, 15) is 8.42 Å². The number of hydrogen-bond acceptors (Lipinski definition) is 6. The highest BCUT2D eigenvalue weighted by atomic mass is 32.2. The average Bonchev–Trinajstić information content (AvgIpc) is 3.12. The highest BCUT2D eigenvalue weighted by Gasteiger charge is 2.15. The van der Waals surface area contributed by atoms with Gasteiger partial charge in [-0.15, -0.1) is 0 Å². The fourth-order valence-corrected chi connectivity index (χ4v) is 3.44. The average molecular weight is 389 g/mol. The molecule has 7 nitrogen and oxygen atoms in total. The molecule has 0 bridgehead atoms. The molecule has 0 fully saturated rings. The van der Waals surface area contributed by atoms with Crippen LogP contribution in [0, 0.1) is 18.8 Å². The molecule has 1 heterocycles. The van der Waals surface area contributed by atoms with Crippen molar-refractivity contribution in [3.05, 3.63) is 42.0 Å². The summed E-state index contributed by atoms with van der Waals surface area (Å²) in [5, 5.41) is 0. The van der Waals surface area contributed by atoms with Crippen LogP contribution in [0.1, 0.15) is 5.56 Å². The second kappa shape index (κ2) is 8.20. The number of ether oxygens (including phenoxy) is 4. The number of hydrogen-bond donors (Lipinski definition) is 1. The molecule has 1 aliphatic heterocycles. The van der Waals surface area contributed by atoms with Crippen molar-refractivity contribution >= 4 is 10.0 Å². The van der Waals surface area contributed by atoms with Crippen LogP contribution in [0.25, 0.3) is 0 Å². The molecular formula is C19H19NO6S. The van der Waals surface area contributed by atoms with E-state index in [1.54, 1.807) is 37.3 Å². The first-order chi connectivity index (χ1) is 13.0. The minimum atomic E-state index is -3.63. The molecule has 27 heavy (non-hydrogen) atoms. The lowest BCUT2D eigenvalue weighted by atomic mass is 10.2. The molecule has 0 atom stereocenters. The zero-order chi connectivity index (χ0) is 19.3. The number of methoxy groups -OCH3 is 1. The molecule has 8 heteroatoms. The molecule has 0 amide bonds. The third-order valence-electron chi connectivity index (χ3n) is 3.81. The summed E-state index contributed by atoms with van der Waals surface area (Å²) >= 11 is 0. The van der Waals surface area contributed by atoms with Crippen molar-refractivity contribution < 1.29 is 27.4 Å². The summed E-state index contributed by atoms with van der Waals surface area (Å²) in [5.41, 5.74) is 0.739. The van der Waals surface area contributed by atoms with Gasteiger partial charge in [0.15, 0.2) is 11.5 Å². The van der Waals surface area contributed by atoms with Gasteiger partial charge in [-0.25, -0.2) is 8.42 Å². The molecule has 0 spiro atoms. The van der Waals surface area contributed by atoms with Gasteiger partial charge < -0.3 is 18.9 Å². The van der Waals surface area contributed by atoms with Crippen molar-refractivity contribution in [3.8, 4) is 34.8 Å². The fourth-order valence-electron chi connectivity index (χ4n) is 2.43. The van der Waals surface area contributed by atoms with Crippen LogP contribution in [0.15, 0.2) is 41.3 Å². The minimum Gasteiger partial charge on any atom is -0.496 e. The van der Waals surface area contributed by atoms with Gasteiger partial charge in [-0.05, 0) is 42.8 Å². The van der Waals surface area contributed by atoms with Crippen molar-refractivity contribution in [1.29, 1.82) is 0 Å². The molecule has 0 radical (unpaired) electrons. The van der Waals surface area contributed by atoms with Crippen LogP contribution in [0.3, 0.4) is 0 Å². The van der Waals surface area contributed by atoms with Crippen molar-refractivity contribution in [2.45, 2.75) is 11.8 Å². The lowest BCUT2D eigenvalue weighted by Crippen LogP contribution is -2.24. The molecule has 1 N–H and O–H groups in total. The Balaban J connectivity index is 1.50. The fraction of sp³-hybridized carbons (Fsp3) is 0.263. The van der Waals surface area contributed by atoms with Gasteiger partial charge in [0.05, 0.1) is 18.6 Å². The van der Waals surface area contributed by atoms with Crippen molar-refractivity contribution in [1.82, 2.24) is 4.72 Å². The van der Waals surface area contributed by atoms with Crippen LogP contribution in [0.2, 0.25) is 0 Å². The maximum Gasteiger partial charge on any atom is 0.241 e. The normalized spacial score (nSPS) is 12.2. The molecule has 0 aliphatic carbocycles. The topological polar surface area (TPSA) is 83.1 Å². The smallest absolute Gasteiger partial charge is 0.241 e. The van der Waals surface area contributed by atoms with E-state index in [4.69, 9.17) is 18.9 Å². The summed E-state index contributed by atoms with van der Waals surface area (Å²) in [6.07, 6.45) is 0. The molecular weight excluding hydrogens is 370 g/mol. The molecule has 2 aromatic rings. The Morgan fingerprint density at radius 2 is 1.93 bits per heavy atom. The summed E-state index contributed by atoms with van der Waals surface area (Å²) in [5.74, 6) is 8.03. The molecule has 2 aromatic carbocycles. The number of sulfonamides is 1. The SMILES string of the molecule is COc1ccc(S(=O)(=O)NCC#CCOc2ccc3c(c2)OCO3)cc1C. The Kier molecular flexibility index (Phi) is 5.74. The third-order valence-corrected chi connectivity index (χ3v) is 5.21. The first-order valence-electron chi connectivity index (χ1n) is 8.12. The van der Waals surface area contributed by atoms with Crippen LogP contribution >= 0.6 is 0 Å². The number of rotatable bonds is 6. The quantitative estimate of drug-likeness (QED) is 0.762. The second-order valence-electron chi connectivity index (χ2n) is 5.61. The van der Waals surface area contributed by atoms with Gasteiger partial charge in [-0.3, -0.25) is 0 Å². The van der Waals surface area contributed by atoms with Gasteiger partial charge in [0.25, 0.3) is 0 Å². The first kappa shape index (κ1) is 18.9. The van der Waals surface area contributed by atoms with Crippen molar-refractivity contribution in [3.63, 3.8) is 0 Å². The van der Waals surface area contributed by atoms with Crippen LogP contribution < -0.4 is 23.7 Å². The Bertz CT molecular complexity index is 991. The van der Waals surface area contributed by atoms with E-state index >= 15 is 0 Å². The molecule has 142 valence electrons. The molecule has 3 rings (SSSR count). The highest BCUT2D eigenvalue weighted by molar-refractivity contribution is 7.89. The first-order valence-corrected chi connectivity index (χ1v) is 9.60. The summed E-state index contributed by atoms with van der Waals surface area (Å²) < 4.78 is 48.1. The largest absolute Gasteiger partial charge is 0.496 e. The van der Waals surface area contributed by atoms with Crippen LogP contribution in [0.5, 0.6) is 23.0 Å². The van der Waals surface area contributed by atoms with E-state index in [0.717, 1.165) is 5.56 Å². The van der Waals surface area contributed by atoms with Crippen molar-refractivity contribution in [2.75, 3.05) is 27.1 Å². The number of fused-ring (bicyclic) bond motifs is 1. The van der Waals surface area contributed by atoms with E-state index in [0.29, 0.717) is 23.0 Å². The van der Waals surface area contributed by atoms with E-state index < -0.39 is 10.0 Å². The van der Waals surface area contributed by atoms with Crippen LogP contribution in [0.4, 0.5) is 0 Å². The van der Waals surface area contributed by atoms with Gasteiger partial charge >= 0.3 is 0 Å². The monoisotopic (exact) mass is 389 g/mol. The van der Waals surface area contributed by atoms with Gasteiger partial charge in [0.2, 0.25) is 16.8 Å². The van der Waals surface area contributed by atoms with Gasteiger partial charge in [-0.2, -0.15) is 4.72 Å². The molecule has 0 saturated heterocycles. The van der Waals surface area contributed by atoms with Crippen LogP contribution in [-0.2, 0) is 10.0 Å². The van der Waals surface area contributed by atoms with E-state index in [-0.39, 0.29) is 24.8 Å². The third kappa shape index (κ3) is 4.64. The Labute approximate surface area is 158 Å². The molecule has 1 aliphatic rings. The van der Waals surface area contributed by atoms with E-state index in [2.05, 4.69) is 16.6 Å². The second-order valence-corrected chi connectivity index (χ2v) is 7.38. The predicted molar refractivity (Wildman–Crippen MR) is 98.8 cm³/mol. The summed E-state index contributed by atoms with van der Waals surface area (Å²) in [4.78, 5) is 0.166. The zero-order valence-electron chi connectivity index (χ0n) is 14.9. The van der Waals surface area contributed by atoms with Gasteiger partial charge in [0.1, 0.15) is 18.1 Å². The van der Waals surface area contributed by atoms with E-state index in [1.165, 1.54) is 13.2 Å². The summed E-state index contributed by atoms with van der Waals surface area (Å²) in [7, 11) is -2.10. The lowest BCUT2D eigenvalue weighted by molar-refractivity contribution is 0.174. The van der Waals surface area contributed by atoms with Gasteiger partial charge in [-0.1, -0.05) is 11.8 Å². The van der Waals surface area contributed by atoms with Crippen molar-refractivity contribution in [2.24, 2.45) is 0 Å². The zero-order valence-corrected chi connectivity index (χ0v) is 15.8. The maximum atomic E-state index is 12.3. The summed E-state index contributed by atoms with van der Waals surface area (Å²) in [6.45, 7) is 2.10. The maximum absolute atomic E-state index is 12.3. The van der Waals surface area contributed by atoms with Gasteiger partial charge in [0, 0.05) is 6.07 Å². The molecule has 0 unspecified atom stereocenters. The summed E-state index contributed by atoms with van der Waals surface area (Å²) in [6, 6.07) is 9.90. The Hall–Kier alpha value is -2.89. The Morgan fingerprint density at radius 3 is 2.70 bits per heavy atom. The highest BCUT2D eigenvalue weighted by Crippen LogP contribution is 2.34. The number of aryl methyl sites for hydroxylation is 1.